The van der Waals surface area contributed by atoms with Gasteiger partial charge in [0, 0.05) is 24.2 Å². The van der Waals surface area contributed by atoms with Gasteiger partial charge < -0.3 is 129 Å². The van der Waals surface area contributed by atoms with E-state index in [2.05, 4.69) is 6.92 Å². The fraction of sp³-hybridized carbons (Fsp3) is 1.00. The van der Waals surface area contributed by atoms with Gasteiger partial charge in [-0.15, -0.1) is 0 Å². The molecule has 26 nitrogen and oxygen atoms in total. The fourth-order valence-corrected chi connectivity index (χ4v) is 15.4. The molecule has 0 radical (unpaired) electrons. The average molecular weight is 1100 g/mol. The molecular formula is C50H84O26. The van der Waals surface area contributed by atoms with Crippen LogP contribution in [0.1, 0.15) is 79.1 Å². The minimum absolute atomic E-state index is 0.0192. The lowest BCUT2D eigenvalue weighted by Crippen LogP contribution is -2.71. The number of hydrogen-bond donors (Lipinski definition) is 17. The maximum atomic E-state index is 12.7. The summed E-state index contributed by atoms with van der Waals surface area (Å²) in [4.78, 5) is 0. The van der Waals surface area contributed by atoms with E-state index in [1.165, 1.54) is 0 Å². The molecule has 4 aliphatic carbocycles. The van der Waals surface area contributed by atoms with Crippen molar-refractivity contribution in [3.63, 3.8) is 0 Å². The summed E-state index contributed by atoms with van der Waals surface area (Å²) in [7, 11) is 0. The molecule has 5 heterocycles. The molecule has 0 aromatic carbocycles. The van der Waals surface area contributed by atoms with Crippen molar-refractivity contribution < 1.29 is 129 Å². The Labute approximate surface area is 439 Å². The van der Waals surface area contributed by atoms with Gasteiger partial charge in [-0.1, -0.05) is 27.7 Å². The van der Waals surface area contributed by atoms with Crippen LogP contribution >= 0.6 is 0 Å². The first-order valence-corrected chi connectivity index (χ1v) is 27.0. The van der Waals surface area contributed by atoms with Crippen molar-refractivity contribution in [3.8, 4) is 0 Å². The van der Waals surface area contributed by atoms with Crippen molar-refractivity contribution >= 4 is 0 Å². The number of aliphatic hydroxyl groups is 17. The Bertz CT molecular complexity index is 1940. The van der Waals surface area contributed by atoms with E-state index in [1.54, 1.807) is 0 Å². The lowest BCUT2D eigenvalue weighted by molar-refractivity contribution is -0.381. The first-order chi connectivity index (χ1) is 35.8. The molecule has 33 unspecified atom stereocenters. The highest BCUT2D eigenvalue weighted by molar-refractivity contribution is 5.20. The van der Waals surface area contributed by atoms with Crippen molar-refractivity contribution in [2.75, 3.05) is 33.0 Å². The van der Waals surface area contributed by atoms with E-state index in [0.717, 1.165) is 6.42 Å². The van der Waals surface area contributed by atoms with Crippen molar-refractivity contribution in [2.45, 2.75) is 232 Å². The van der Waals surface area contributed by atoms with E-state index in [4.69, 9.17) is 42.6 Å². The molecule has 76 heavy (non-hydrogen) atoms. The zero-order valence-electron chi connectivity index (χ0n) is 43.2. The predicted octanol–water partition coefficient (Wildman–Crippen LogP) is -6.26. The van der Waals surface area contributed by atoms with Crippen LogP contribution in [0.5, 0.6) is 0 Å². The highest BCUT2D eigenvalue weighted by Gasteiger charge is 2.72. The van der Waals surface area contributed by atoms with Crippen LogP contribution in [0.4, 0.5) is 0 Å². The Morgan fingerprint density at radius 1 is 0.605 bits per heavy atom. The zero-order valence-corrected chi connectivity index (χ0v) is 43.2. The van der Waals surface area contributed by atoms with Crippen LogP contribution in [0.2, 0.25) is 0 Å². The van der Waals surface area contributed by atoms with Gasteiger partial charge >= 0.3 is 0 Å². The molecule has 0 aromatic rings. The fourth-order valence-electron chi connectivity index (χ4n) is 15.4. The second-order valence-corrected chi connectivity index (χ2v) is 24.3. The van der Waals surface area contributed by atoms with Gasteiger partial charge in [0.25, 0.3) is 0 Å². The summed E-state index contributed by atoms with van der Waals surface area (Å²) in [6, 6.07) is 0. The van der Waals surface area contributed by atoms with E-state index < -0.39 is 178 Å². The number of hydrogen-bond acceptors (Lipinski definition) is 26. The van der Waals surface area contributed by atoms with Crippen molar-refractivity contribution in [1.29, 1.82) is 0 Å². The molecule has 440 valence electrons. The van der Waals surface area contributed by atoms with Crippen molar-refractivity contribution in [1.82, 2.24) is 0 Å². The molecule has 0 bridgehead atoms. The van der Waals surface area contributed by atoms with Gasteiger partial charge in [-0.25, -0.2) is 0 Å². The largest absolute Gasteiger partial charge is 0.394 e. The molecule has 0 aromatic heterocycles. The van der Waals surface area contributed by atoms with Crippen molar-refractivity contribution in [3.05, 3.63) is 0 Å². The molecule has 5 aliphatic heterocycles. The van der Waals surface area contributed by atoms with Gasteiger partial charge in [-0.3, -0.25) is 0 Å². The van der Waals surface area contributed by atoms with E-state index in [1.807, 2.05) is 20.8 Å². The molecule has 4 saturated carbocycles. The SMILES string of the molecule is CC(CCC1(O)OC2CC3C4CC(O)C5(O)CC(OC6OC(CO)C(OC7OC(CO)C(O)C(OC8OCC(O)C(O)C8O)C7O)C(O)C6O)C(O)CC5(C)C4CCC3(C)C2C1C)COC1OC(CO)C(O)C(O)C1O. The molecular weight excluding hydrogens is 1020 g/mol. The summed E-state index contributed by atoms with van der Waals surface area (Å²) in [5, 5.41) is 185. The smallest absolute Gasteiger partial charge is 0.187 e. The Kier molecular flexibility index (Phi) is 17.7. The van der Waals surface area contributed by atoms with Crippen LogP contribution < -0.4 is 0 Å². The van der Waals surface area contributed by atoms with Gasteiger partial charge in [-0.05, 0) is 73.5 Å². The monoisotopic (exact) mass is 1100 g/mol. The second kappa shape index (κ2) is 22.6. The van der Waals surface area contributed by atoms with Gasteiger partial charge in [0.2, 0.25) is 0 Å². The number of aliphatic hydroxyl groups excluding tert-OH is 15. The standard InChI is InChI=1S/C50H84O26/c1-18(16-68-43-38(63)35(60)33(58)27(13-51)71-43)5-8-50(67)19(2)31-25(76-50)10-22-20-9-30(56)49(66)12-26(23(54)11-48(49,4)21(20)6-7-47(22,31)3)70-45-39(64)36(61)41(29(15-53)73-45)74-46-40(65)42(34(59)28(14-52)72-46)75-44-37(62)32(57)24(55)17-69-44/h18-46,51-67H,5-17H2,1-4H3. The van der Waals surface area contributed by atoms with Gasteiger partial charge in [0.1, 0.15) is 91.6 Å². The second-order valence-electron chi connectivity index (χ2n) is 24.3. The summed E-state index contributed by atoms with van der Waals surface area (Å²) < 4.78 is 52.2. The quantitative estimate of drug-likeness (QED) is 0.0678. The van der Waals surface area contributed by atoms with Crippen LogP contribution in [0.25, 0.3) is 0 Å². The highest BCUT2D eigenvalue weighted by atomic mass is 16.8. The third-order valence-corrected chi connectivity index (χ3v) is 19.9. The van der Waals surface area contributed by atoms with Crippen LogP contribution in [-0.2, 0) is 42.6 Å². The normalized spacial score (nSPS) is 56.8. The van der Waals surface area contributed by atoms with Gasteiger partial charge in [-0.2, -0.15) is 0 Å². The van der Waals surface area contributed by atoms with Gasteiger partial charge in [0.15, 0.2) is 30.9 Å². The predicted molar refractivity (Wildman–Crippen MR) is 250 cm³/mol. The maximum absolute atomic E-state index is 12.7. The molecule has 0 spiro atoms. The van der Waals surface area contributed by atoms with Crippen LogP contribution in [0.3, 0.4) is 0 Å². The molecule has 5 saturated heterocycles. The van der Waals surface area contributed by atoms with Gasteiger partial charge in [0.05, 0.1) is 63.1 Å². The third-order valence-electron chi connectivity index (χ3n) is 19.9. The summed E-state index contributed by atoms with van der Waals surface area (Å²) in [6.07, 6.45) is -32.7. The van der Waals surface area contributed by atoms with Crippen LogP contribution in [-0.4, -0.2) is 272 Å². The molecule has 0 amide bonds. The number of ether oxygens (including phenoxy) is 9. The topological polar surface area (TPSA) is 427 Å². The Morgan fingerprint density at radius 2 is 1.21 bits per heavy atom. The summed E-state index contributed by atoms with van der Waals surface area (Å²) >= 11 is 0. The van der Waals surface area contributed by atoms with E-state index in [0.29, 0.717) is 19.3 Å². The Balaban J connectivity index is 0.811. The number of rotatable bonds is 15. The Hall–Kier alpha value is -1.04. The van der Waals surface area contributed by atoms with E-state index in [9.17, 15) is 86.8 Å². The first-order valence-electron chi connectivity index (χ1n) is 27.0. The van der Waals surface area contributed by atoms with E-state index in [-0.39, 0.29) is 79.3 Å². The summed E-state index contributed by atoms with van der Waals surface area (Å²) in [5.74, 6) is -2.11. The number of fused-ring (bicyclic) bond motifs is 7. The molecule has 17 N–H and O–H groups in total. The molecule has 33 atom stereocenters. The summed E-state index contributed by atoms with van der Waals surface area (Å²) in [6.45, 7) is 5.33. The first kappa shape index (κ1) is 59.6. The van der Waals surface area contributed by atoms with Crippen molar-refractivity contribution in [2.24, 2.45) is 46.3 Å². The zero-order chi connectivity index (χ0) is 55.3. The molecule has 9 rings (SSSR count). The lowest BCUT2D eigenvalue weighted by Gasteiger charge is -2.66. The third kappa shape index (κ3) is 10.1. The Morgan fingerprint density at radius 3 is 1.89 bits per heavy atom. The minimum Gasteiger partial charge on any atom is -0.394 e. The van der Waals surface area contributed by atoms with E-state index >= 15 is 0 Å². The highest BCUT2D eigenvalue weighted by Crippen LogP contribution is 2.71. The molecule has 9 aliphatic rings. The lowest BCUT2D eigenvalue weighted by atomic mass is 9.42. The van der Waals surface area contributed by atoms with Crippen LogP contribution in [0, 0.1) is 46.3 Å². The van der Waals surface area contributed by atoms with Crippen LogP contribution in [0.15, 0.2) is 0 Å². The summed E-state index contributed by atoms with van der Waals surface area (Å²) in [5.41, 5.74) is -3.14. The minimum atomic E-state index is -1.95. The molecule has 9 fully saturated rings. The maximum Gasteiger partial charge on any atom is 0.187 e. The average Bonchev–Trinajstić information content (AvgIpc) is 3.96. The molecule has 26 heteroatoms.